The molecule has 2 unspecified atom stereocenters. The summed E-state index contributed by atoms with van der Waals surface area (Å²) in [6, 6.07) is 5.81. The van der Waals surface area contributed by atoms with Crippen LogP contribution in [0.15, 0.2) is 30.4 Å². The van der Waals surface area contributed by atoms with Crippen LogP contribution in [0.4, 0.5) is 0 Å². The quantitative estimate of drug-likeness (QED) is 0.525. The molecule has 2 atom stereocenters. The molecule has 1 aromatic carbocycles. The molecule has 3 rings (SSSR count). The topological polar surface area (TPSA) is 37.3 Å². The molecule has 2 fully saturated rings. The van der Waals surface area contributed by atoms with Gasteiger partial charge < -0.3 is 5.11 Å². The van der Waals surface area contributed by atoms with Gasteiger partial charge >= 0.3 is 0 Å². The predicted octanol–water partition coefficient (Wildman–Crippen LogP) is 6.56. The largest absolute Gasteiger partial charge is 0.508 e. The monoisotopic (exact) mass is 370 g/mol. The summed E-state index contributed by atoms with van der Waals surface area (Å²) in [6.45, 7) is 23.4. The molecule has 0 aromatic heterocycles. The Hall–Kier alpha value is -1.57. The molecule has 27 heavy (non-hydrogen) atoms. The van der Waals surface area contributed by atoms with Crippen LogP contribution in [-0.2, 0) is 15.6 Å². The SMILES string of the molecule is C=C1C(=O)C2(C)CCC1C2(C)C.CC(C)(C)c1cccc(O)c1C(C)(C)C. The highest BCUT2D eigenvalue weighted by Gasteiger charge is 2.63. The molecule has 2 bridgehead atoms. The molecular formula is C25H38O2. The molecular weight excluding hydrogens is 332 g/mol. The fourth-order valence-electron chi connectivity index (χ4n) is 4.98. The molecule has 2 nitrogen and oxygen atoms in total. The summed E-state index contributed by atoms with van der Waals surface area (Å²) >= 11 is 0. The van der Waals surface area contributed by atoms with Gasteiger partial charge in [-0.25, -0.2) is 0 Å². The number of ketones is 1. The van der Waals surface area contributed by atoms with E-state index in [9.17, 15) is 9.90 Å². The molecule has 2 aliphatic carbocycles. The molecule has 0 heterocycles. The van der Waals surface area contributed by atoms with Gasteiger partial charge in [0.25, 0.3) is 0 Å². The van der Waals surface area contributed by atoms with Gasteiger partial charge in [0.2, 0.25) is 0 Å². The highest BCUT2D eigenvalue weighted by molar-refractivity contribution is 6.04. The lowest BCUT2D eigenvalue weighted by molar-refractivity contribution is -0.125. The Morgan fingerprint density at radius 2 is 1.59 bits per heavy atom. The number of aromatic hydroxyl groups is 1. The summed E-state index contributed by atoms with van der Waals surface area (Å²) < 4.78 is 0. The second-order valence-corrected chi connectivity index (χ2v) is 11.2. The minimum atomic E-state index is -0.102. The minimum absolute atomic E-state index is 0.0199. The van der Waals surface area contributed by atoms with E-state index in [-0.39, 0.29) is 21.7 Å². The zero-order chi connectivity index (χ0) is 21.0. The van der Waals surface area contributed by atoms with Crippen LogP contribution in [0.1, 0.15) is 86.3 Å². The molecule has 2 saturated carbocycles. The van der Waals surface area contributed by atoms with Crippen molar-refractivity contribution < 1.29 is 9.90 Å². The van der Waals surface area contributed by atoms with E-state index in [2.05, 4.69) is 75.0 Å². The molecule has 0 radical (unpaired) electrons. The Morgan fingerprint density at radius 1 is 1.04 bits per heavy atom. The van der Waals surface area contributed by atoms with E-state index in [1.54, 1.807) is 6.07 Å². The second-order valence-electron chi connectivity index (χ2n) is 11.2. The fraction of sp³-hybridized carbons (Fsp3) is 0.640. The molecule has 1 N–H and O–H groups in total. The van der Waals surface area contributed by atoms with Gasteiger partial charge in [0.15, 0.2) is 5.78 Å². The zero-order valence-electron chi connectivity index (χ0n) is 18.8. The summed E-state index contributed by atoms with van der Waals surface area (Å²) in [5, 5.41) is 9.99. The lowest BCUT2D eigenvalue weighted by Crippen LogP contribution is -2.32. The maximum Gasteiger partial charge on any atom is 0.164 e. The van der Waals surface area contributed by atoms with E-state index >= 15 is 0 Å². The van der Waals surface area contributed by atoms with Crippen molar-refractivity contribution >= 4 is 5.78 Å². The van der Waals surface area contributed by atoms with Crippen molar-refractivity contribution in [1.82, 2.24) is 0 Å². The summed E-state index contributed by atoms with van der Waals surface area (Å²) in [5.74, 6) is 1.19. The maximum atomic E-state index is 11.8. The highest BCUT2D eigenvalue weighted by Crippen LogP contribution is 2.65. The number of phenolic OH excluding ortho intramolecular Hbond substituents is 1. The van der Waals surface area contributed by atoms with Crippen molar-refractivity contribution in [3.8, 4) is 5.75 Å². The first-order valence-corrected chi connectivity index (χ1v) is 10.1. The highest BCUT2D eigenvalue weighted by atomic mass is 16.3. The first kappa shape index (κ1) is 21.7. The smallest absolute Gasteiger partial charge is 0.164 e. The van der Waals surface area contributed by atoms with E-state index in [0.717, 1.165) is 24.0 Å². The first-order chi connectivity index (χ1) is 12.0. The second kappa shape index (κ2) is 6.50. The number of allylic oxidation sites excluding steroid dienone is 1. The van der Waals surface area contributed by atoms with Gasteiger partial charge in [-0.2, -0.15) is 0 Å². The van der Waals surface area contributed by atoms with E-state index in [4.69, 9.17) is 0 Å². The van der Waals surface area contributed by atoms with E-state index in [1.807, 2.05) is 6.07 Å². The Balaban J connectivity index is 0.000000198. The third kappa shape index (κ3) is 3.48. The van der Waals surface area contributed by atoms with Crippen LogP contribution in [0.25, 0.3) is 0 Å². The standard InChI is InChI=1S/C14H22O.C11H16O/c1-13(2,3)10-8-7-9-11(15)12(10)14(4,5)6;1-7-8-5-6-11(4,9(7)12)10(8,2)3/h7-9,15H,1-6H3;8H,1,5-6H2,2-4H3. The molecule has 0 amide bonds. The third-order valence-electron chi connectivity index (χ3n) is 7.04. The van der Waals surface area contributed by atoms with Crippen LogP contribution in [0.3, 0.4) is 0 Å². The number of fused-ring (bicyclic) bond motifs is 2. The Bertz CT molecular complexity index is 756. The lowest BCUT2D eigenvalue weighted by Gasteiger charge is -2.31. The van der Waals surface area contributed by atoms with E-state index in [1.165, 1.54) is 5.56 Å². The minimum Gasteiger partial charge on any atom is -0.508 e. The van der Waals surface area contributed by atoms with Crippen LogP contribution >= 0.6 is 0 Å². The number of phenols is 1. The normalized spacial score (nSPS) is 26.8. The van der Waals surface area contributed by atoms with Crippen LogP contribution in [0.2, 0.25) is 0 Å². The molecule has 0 saturated heterocycles. The lowest BCUT2D eigenvalue weighted by atomic mass is 9.70. The molecule has 2 aliphatic rings. The molecule has 2 heteroatoms. The van der Waals surface area contributed by atoms with Crippen LogP contribution in [0.5, 0.6) is 5.75 Å². The van der Waals surface area contributed by atoms with Gasteiger partial charge in [0.05, 0.1) is 0 Å². The number of benzene rings is 1. The molecule has 1 aromatic rings. The first-order valence-electron chi connectivity index (χ1n) is 10.1. The van der Waals surface area contributed by atoms with Gasteiger partial charge in [-0.3, -0.25) is 4.79 Å². The number of hydrogen-bond acceptors (Lipinski definition) is 2. The Kier molecular flexibility index (Phi) is 5.23. The summed E-state index contributed by atoms with van der Waals surface area (Å²) in [6.07, 6.45) is 2.22. The molecule has 150 valence electrons. The van der Waals surface area contributed by atoms with E-state index in [0.29, 0.717) is 17.5 Å². The van der Waals surface area contributed by atoms with Gasteiger partial charge in [-0.15, -0.1) is 0 Å². The van der Waals surface area contributed by atoms with Gasteiger partial charge in [0, 0.05) is 11.0 Å². The van der Waals surface area contributed by atoms with Crippen LogP contribution < -0.4 is 0 Å². The summed E-state index contributed by atoms with van der Waals surface area (Å²) in [7, 11) is 0. The summed E-state index contributed by atoms with van der Waals surface area (Å²) in [5.41, 5.74) is 3.28. The summed E-state index contributed by atoms with van der Waals surface area (Å²) in [4.78, 5) is 11.8. The zero-order valence-corrected chi connectivity index (χ0v) is 18.8. The van der Waals surface area contributed by atoms with E-state index < -0.39 is 0 Å². The van der Waals surface area contributed by atoms with Crippen LogP contribution in [0, 0.1) is 16.7 Å². The van der Waals surface area contributed by atoms with Gasteiger partial charge in [-0.05, 0) is 52.2 Å². The Labute approximate surface area is 166 Å². The average molecular weight is 371 g/mol. The van der Waals surface area contributed by atoms with Gasteiger partial charge in [0.1, 0.15) is 5.75 Å². The number of carbonyl (C=O) groups is 1. The van der Waals surface area contributed by atoms with Crippen molar-refractivity contribution in [1.29, 1.82) is 0 Å². The number of Topliss-reactive ketones (excluding diaryl/α,β-unsaturated/α-hetero) is 1. The van der Waals surface area contributed by atoms with Crippen molar-refractivity contribution in [3.05, 3.63) is 41.5 Å². The number of hydrogen-bond donors (Lipinski definition) is 1. The van der Waals surface area contributed by atoms with Crippen molar-refractivity contribution in [2.45, 2.75) is 86.0 Å². The predicted molar refractivity (Wildman–Crippen MR) is 114 cm³/mol. The van der Waals surface area contributed by atoms with Crippen LogP contribution in [-0.4, -0.2) is 10.9 Å². The average Bonchev–Trinajstić information content (AvgIpc) is 2.80. The van der Waals surface area contributed by atoms with Crippen molar-refractivity contribution in [2.75, 3.05) is 0 Å². The maximum absolute atomic E-state index is 11.8. The van der Waals surface area contributed by atoms with Crippen molar-refractivity contribution in [2.24, 2.45) is 16.7 Å². The Morgan fingerprint density at radius 3 is 1.89 bits per heavy atom. The van der Waals surface area contributed by atoms with Crippen molar-refractivity contribution in [3.63, 3.8) is 0 Å². The third-order valence-corrected chi connectivity index (χ3v) is 7.04. The molecule has 0 aliphatic heterocycles. The number of carbonyl (C=O) groups excluding carboxylic acids is 1. The van der Waals surface area contributed by atoms with Gasteiger partial charge in [-0.1, -0.05) is 81.0 Å². The molecule has 0 spiro atoms. The fourth-order valence-corrected chi connectivity index (χ4v) is 4.98. The number of rotatable bonds is 0.